The summed E-state index contributed by atoms with van der Waals surface area (Å²) in [5.41, 5.74) is 6.60. The lowest BCUT2D eigenvalue weighted by Crippen LogP contribution is -2.39. The molecule has 0 bridgehead atoms. The largest absolute Gasteiger partial charge is 0.371 e. The molecule has 60 heavy (non-hydrogen) atoms. The van der Waals surface area contributed by atoms with Crippen LogP contribution in [0.5, 0.6) is 0 Å². The summed E-state index contributed by atoms with van der Waals surface area (Å²) in [5, 5.41) is 9.30. The van der Waals surface area contributed by atoms with E-state index in [0.29, 0.717) is 61.3 Å². The van der Waals surface area contributed by atoms with E-state index in [1.807, 2.05) is 42.7 Å². The molecule has 6 aromatic rings. The number of carbonyl (C=O) groups is 4. The number of carbonyl (C=O) groups excluding carboxylic acids is 4. The molecule has 2 saturated heterocycles. The summed E-state index contributed by atoms with van der Waals surface area (Å²) in [6, 6.07) is 20.1. The van der Waals surface area contributed by atoms with E-state index in [0.717, 1.165) is 64.7 Å². The number of aromatic amines is 1. The number of hydrogen-bond donors (Lipinski definition) is 2. The Labute approximate surface area is 347 Å². The zero-order valence-corrected chi connectivity index (χ0v) is 33.8. The van der Waals surface area contributed by atoms with E-state index in [-0.39, 0.29) is 35.7 Å². The standard InChI is InChI=1S/C47H47FN8O4/c1-53(2)47(60)40-25-37-35(24-36(44(48)45(37)51-40)32-6-4-19-55(28-32)43(58)17-23-56-20-5-18-50-56)31-11-9-29(10-12-31)30-15-21-54(22-16-30)41-8-3-7-33-38(26-49-27-39(33)41)34-13-14-42(57)52-46(34)59/h3,5-12,18,20,24-27,30,34,51H,4,13-17,19,21-23,28H2,1-2H3,(H,52,57,59). The average Bonchev–Trinajstić information content (AvgIpc) is 3.97. The van der Waals surface area contributed by atoms with Crippen LogP contribution in [-0.2, 0) is 20.9 Å². The first kappa shape index (κ1) is 38.9. The number of halogens is 1. The SMILES string of the molecule is CN(C)C(=O)c1cc2c(-c3ccc(C4CCN(c5cccc6c(C7CCC(=O)NC7=O)cncc56)CC4)cc3)cc(C3=CCCN(C(=O)CCn4cccn4)C3)c(F)c2[nH]1. The van der Waals surface area contributed by atoms with Gasteiger partial charge in [0, 0.05) is 106 Å². The van der Waals surface area contributed by atoms with Gasteiger partial charge >= 0.3 is 0 Å². The molecule has 0 saturated carbocycles. The maximum atomic E-state index is 16.6. The monoisotopic (exact) mass is 806 g/mol. The van der Waals surface area contributed by atoms with Crippen LogP contribution in [0.25, 0.3) is 38.4 Å². The highest BCUT2D eigenvalue weighted by Gasteiger charge is 2.31. The van der Waals surface area contributed by atoms with E-state index >= 15 is 4.39 Å². The number of H-pyrrole nitrogens is 1. The molecule has 2 N–H and O–H groups in total. The average molecular weight is 807 g/mol. The lowest BCUT2D eigenvalue weighted by Gasteiger charge is -2.35. The minimum absolute atomic E-state index is 0.00832. The van der Waals surface area contributed by atoms with Crippen molar-refractivity contribution in [3.05, 3.63) is 120 Å². The molecular formula is C47H47FN8O4. The molecule has 4 amide bonds. The number of amides is 4. The van der Waals surface area contributed by atoms with Crippen molar-refractivity contribution >= 4 is 56.6 Å². The number of nitrogens with one attached hydrogen (secondary N) is 2. The van der Waals surface area contributed by atoms with Gasteiger partial charge in [-0.3, -0.25) is 34.2 Å². The number of pyridine rings is 1. The number of fused-ring (bicyclic) bond motifs is 2. The Bertz CT molecular complexity index is 2660. The molecule has 1 atom stereocenters. The number of benzene rings is 3. The molecule has 3 aliphatic rings. The molecule has 3 aromatic heterocycles. The summed E-state index contributed by atoms with van der Waals surface area (Å²) in [5.74, 6) is -1.27. The second-order valence-electron chi connectivity index (χ2n) is 16.3. The van der Waals surface area contributed by atoms with Gasteiger partial charge in [-0.05, 0) is 89.1 Å². The van der Waals surface area contributed by atoms with Crippen LogP contribution >= 0.6 is 0 Å². The maximum absolute atomic E-state index is 16.6. The highest BCUT2D eigenvalue weighted by molar-refractivity contribution is 6.06. The fourth-order valence-corrected chi connectivity index (χ4v) is 9.18. The van der Waals surface area contributed by atoms with Crippen molar-refractivity contribution in [2.24, 2.45) is 0 Å². The molecule has 3 aliphatic heterocycles. The summed E-state index contributed by atoms with van der Waals surface area (Å²) in [7, 11) is 3.34. The lowest BCUT2D eigenvalue weighted by atomic mass is 9.86. The van der Waals surface area contributed by atoms with Crippen LogP contribution in [0.4, 0.5) is 10.1 Å². The first-order chi connectivity index (χ1) is 29.1. The van der Waals surface area contributed by atoms with Crippen LogP contribution in [0.15, 0.2) is 91.5 Å². The Hall–Kier alpha value is -6.63. The third-order valence-corrected chi connectivity index (χ3v) is 12.4. The first-order valence-corrected chi connectivity index (χ1v) is 20.7. The Morgan fingerprint density at radius 3 is 2.48 bits per heavy atom. The van der Waals surface area contributed by atoms with E-state index < -0.39 is 11.7 Å². The van der Waals surface area contributed by atoms with Gasteiger partial charge in [-0.15, -0.1) is 0 Å². The number of anilines is 1. The van der Waals surface area contributed by atoms with Crippen LogP contribution in [0.1, 0.15) is 77.5 Å². The fourth-order valence-electron chi connectivity index (χ4n) is 9.18. The van der Waals surface area contributed by atoms with Gasteiger partial charge in [-0.1, -0.05) is 42.5 Å². The van der Waals surface area contributed by atoms with Gasteiger partial charge < -0.3 is 19.7 Å². The predicted octanol–water partition coefficient (Wildman–Crippen LogP) is 7.03. The molecule has 9 rings (SSSR count). The minimum Gasteiger partial charge on any atom is -0.371 e. The summed E-state index contributed by atoms with van der Waals surface area (Å²) in [6.45, 7) is 3.02. The van der Waals surface area contributed by atoms with Crippen molar-refractivity contribution in [3.8, 4) is 11.1 Å². The molecule has 0 radical (unpaired) electrons. The van der Waals surface area contributed by atoms with Crippen molar-refractivity contribution in [2.75, 3.05) is 45.2 Å². The second-order valence-corrected chi connectivity index (χ2v) is 16.3. The van der Waals surface area contributed by atoms with Crippen LogP contribution in [0.2, 0.25) is 0 Å². The van der Waals surface area contributed by atoms with Gasteiger partial charge in [-0.25, -0.2) is 4.39 Å². The molecule has 0 spiro atoms. The summed E-state index contributed by atoms with van der Waals surface area (Å²) < 4.78 is 18.4. The Kier molecular flexibility index (Phi) is 10.5. The first-order valence-electron chi connectivity index (χ1n) is 20.7. The van der Waals surface area contributed by atoms with E-state index in [1.54, 1.807) is 42.1 Å². The molecule has 6 heterocycles. The normalized spacial score (nSPS) is 17.6. The van der Waals surface area contributed by atoms with E-state index in [4.69, 9.17) is 0 Å². The van der Waals surface area contributed by atoms with Gasteiger partial charge in [0.1, 0.15) is 5.69 Å². The third kappa shape index (κ3) is 7.44. The van der Waals surface area contributed by atoms with Gasteiger partial charge in [0.05, 0.1) is 11.4 Å². The molecule has 0 aliphatic carbocycles. The zero-order chi connectivity index (χ0) is 41.5. The lowest BCUT2D eigenvalue weighted by molar-refractivity contribution is -0.134. The summed E-state index contributed by atoms with van der Waals surface area (Å²) >= 11 is 0. The van der Waals surface area contributed by atoms with Crippen LogP contribution < -0.4 is 10.2 Å². The number of aryl methyl sites for hydroxylation is 1. The highest BCUT2D eigenvalue weighted by Crippen LogP contribution is 2.40. The summed E-state index contributed by atoms with van der Waals surface area (Å²) in [6.07, 6.45) is 12.8. The Morgan fingerprint density at radius 1 is 0.917 bits per heavy atom. The van der Waals surface area contributed by atoms with Crippen molar-refractivity contribution in [1.82, 2.24) is 34.9 Å². The van der Waals surface area contributed by atoms with Crippen molar-refractivity contribution in [3.63, 3.8) is 0 Å². The van der Waals surface area contributed by atoms with Crippen LogP contribution in [0, 0.1) is 5.82 Å². The van der Waals surface area contributed by atoms with E-state index in [9.17, 15) is 19.2 Å². The van der Waals surface area contributed by atoms with Gasteiger partial charge in [0.2, 0.25) is 17.7 Å². The topological polar surface area (TPSA) is 137 Å². The second kappa shape index (κ2) is 16.2. The number of aromatic nitrogens is 4. The molecule has 3 aromatic carbocycles. The number of imide groups is 1. The van der Waals surface area contributed by atoms with Crippen LogP contribution in [-0.4, -0.2) is 93.5 Å². The van der Waals surface area contributed by atoms with Crippen molar-refractivity contribution in [1.29, 1.82) is 0 Å². The third-order valence-electron chi connectivity index (χ3n) is 12.4. The minimum atomic E-state index is -0.443. The van der Waals surface area contributed by atoms with Gasteiger partial charge in [0.25, 0.3) is 5.91 Å². The van der Waals surface area contributed by atoms with E-state index in [1.165, 1.54) is 10.5 Å². The van der Waals surface area contributed by atoms with Gasteiger partial charge in [-0.2, -0.15) is 5.10 Å². The molecule has 1 unspecified atom stereocenters. The maximum Gasteiger partial charge on any atom is 0.269 e. The highest BCUT2D eigenvalue weighted by atomic mass is 19.1. The van der Waals surface area contributed by atoms with Crippen molar-refractivity contribution in [2.45, 2.75) is 56.9 Å². The smallest absolute Gasteiger partial charge is 0.269 e. The predicted molar refractivity (Wildman–Crippen MR) is 229 cm³/mol. The number of nitrogens with zero attached hydrogens (tertiary/aromatic N) is 6. The Morgan fingerprint density at radius 2 is 1.73 bits per heavy atom. The number of rotatable bonds is 9. The van der Waals surface area contributed by atoms with Gasteiger partial charge in [0.15, 0.2) is 5.82 Å². The number of hydrogen-bond acceptors (Lipinski definition) is 7. The zero-order valence-electron chi connectivity index (χ0n) is 33.8. The molecule has 13 heteroatoms. The molecule has 12 nitrogen and oxygen atoms in total. The van der Waals surface area contributed by atoms with Crippen molar-refractivity contribution < 1.29 is 23.6 Å². The fraction of sp³-hybridized carbons (Fsp3) is 0.319. The molecule has 306 valence electrons. The number of piperidine rings is 2. The Balaban J connectivity index is 0.954. The quantitative estimate of drug-likeness (QED) is 0.150. The summed E-state index contributed by atoms with van der Waals surface area (Å²) in [4.78, 5) is 64.3. The molecular weight excluding hydrogens is 760 g/mol. The van der Waals surface area contributed by atoms with Crippen LogP contribution in [0.3, 0.4) is 0 Å². The molecule has 2 fully saturated rings. The van der Waals surface area contributed by atoms with E-state index in [2.05, 4.69) is 55.6 Å².